The molecule has 1 saturated heterocycles. The average Bonchev–Trinajstić information content (AvgIpc) is 1.77. The molecule has 8 heavy (non-hydrogen) atoms. The molecule has 0 aromatic rings. The molecule has 1 fully saturated rings. The van der Waals surface area contributed by atoms with E-state index < -0.39 is 0 Å². The van der Waals surface area contributed by atoms with Crippen LogP contribution < -0.4 is 5.32 Å². The van der Waals surface area contributed by atoms with Gasteiger partial charge in [-0.1, -0.05) is 6.92 Å². The van der Waals surface area contributed by atoms with Crippen LogP contribution in [0.5, 0.6) is 0 Å². The van der Waals surface area contributed by atoms with Crippen LogP contribution in [0.1, 0.15) is 26.7 Å². The van der Waals surface area contributed by atoms with Crippen molar-refractivity contribution in [2.45, 2.75) is 32.7 Å². The van der Waals surface area contributed by atoms with Gasteiger partial charge in [0.15, 0.2) is 0 Å². The standard InChI is InChI=1S/C7H15N/c1-6-4-3-5-8-7(6)2/h6-8H,3-5H2,1-2H3/t6-,7+/m0/s1. The van der Waals surface area contributed by atoms with Crippen LogP contribution in [0.2, 0.25) is 0 Å². The van der Waals surface area contributed by atoms with E-state index in [1.54, 1.807) is 0 Å². The van der Waals surface area contributed by atoms with Gasteiger partial charge in [0.05, 0.1) is 0 Å². The zero-order valence-electron chi connectivity index (χ0n) is 5.78. The molecule has 0 spiro atoms. The molecule has 0 aromatic heterocycles. The zero-order chi connectivity index (χ0) is 5.98. The quantitative estimate of drug-likeness (QED) is 0.500. The summed E-state index contributed by atoms with van der Waals surface area (Å²) in [4.78, 5) is 0. The van der Waals surface area contributed by atoms with E-state index in [0.717, 1.165) is 12.0 Å². The molecule has 48 valence electrons. The molecule has 1 aliphatic rings. The highest BCUT2D eigenvalue weighted by Gasteiger charge is 2.14. The lowest BCUT2D eigenvalue weighted by molar-refractivity contribution is 0.319. The third-order valence-electron chi connectivity index (χ3n) is 2.16. The summed E-state index contributed by atoms with van der Waals surface area (Å²) in [6.45, 7) is 5.81. The minimum Gasteiger partial charge on any atom is -0.314 e. The summed E-state index contributed by atoms with van der Waals surface area (Å²) in [6, 6.07) is 0.753. The Hall–Kier alpha value is -0.0400. The highest BCUT2D eigenvalue weighted by atomic mass is 14.9. The van der Waals surface area contributed by atoms with Gasteiger partial charge in [0, 0.05) is 6.04 Å². The van der Waals surface area contributed by atoms with Crippen LogP contribution in [-0.2, 0) is 0 Å². The van der Waals surface area contributed by atoms with Crippen LogP contribution in [0.15, 0.2) is 0 Å². The highest BCUT2D eigenvalue weighted by molar-refractivity contribution is 4.73. The van der Waals surface area contributed by atoms with E-state index in [9.17, 15) is 0 Å². The van der Waals surface area contributed by atoms with Crippen molar-refractivity contribution in [3.05, 3.63) is 0 Å². The molecule has 1 heterocycles. The molecule has 0 aliphatic carbocycles. The summed E-state index contributed by atoms with van der Waals surface area (Å²) in [7, 11) is 0. The lowest BCUT2D eigenvalue weighted by Crippen LogP contribution is -2.37. The van der Waals surface area contributed by atoms with Crippen molar-refractivity contribution in [1.82, 2.24) is 5.32 Å². The fourth-order valence-corrected chi connectivity index (χ4v) is 1.20. The predicted octanol–water partition coefficient (Wildman–Crippen LogP) is 1.39. The fraction of sp³-hybridized carbons (Fsp3) is 1.00. The summed E-state index contributed by atoms with van der Waals surface area (Å²) in [6.07, 6.45) is 2.78. The van der Waals surface area contributed by atoms with Crippen molar-refractivity contribution in [3.63, 3.8) is 0 Å². The summed E-state index contributed by atoms with van der Waals surface area (Å²) in [5, 5.41) is 3.43. The second-order valence-corrected chi connectivity index (χ2v) is 2.86. The van der Waals surface area contributed by atoms with Gasteiger partial charge in [0.2, 0.25) is 0 Å². The first-order valence-corrected chi connectivity index (χ1v) is 3.54. The largest absolute Gasteiger partial charge is 0.314 e. The van der Waals surface area contributed by atoms with Gasteiger partial charge in [-0.3, -0.25) is 0 Å². The van der Waals surface area contributed by atoms with Gasteiger partial charge in [0.1, 0.15) is 0 Å². The van der Waals surface area contributed by atoms with Crippen molar-refractivity contribution in [3.8, 4) is 0 Å². The van der Waals surface area contributed by atoms with Crippen molar-refractivity contribution < 1.29 is 0 Å². The molecular weight excluding hydrogens is 98.1 g/mol. The Kier molecular flexibility index (Phi) is 1.90. The fourth-order valence-electron chi connectivity index (χ4n) is 1.20. The van der Waals surface area contributed by atoms with Crippen LogP contribution in [0.4, 0.5) is 0 Å². The van der Waals surface area contributed by atoms with Crippen LogP contribution in [0.25, 0.3) is 0 Å². The zero-order valence-corrected chi connectivity index (χ0v) is 5.78. The summed E-state index contributed by atoms with van der Waals surface area (Å²) >= 11 is 0. The monoisotopic (exact) mass is 113 g/mol. The molecule has 1 N–H and O–H groups in total. The van der Waals surface area contributed by atoms with Gasteiger partial charge in [-0.25, -0.2) is 0 Å². The van der Waals surface area contributed by atoms with E-state index in [-0.39, 0.29) is 0 Å². The molecule has 0 amide bonds. The number of hydrogen-bond acceptors (Lipinski definition) is 1. The summed E-state index contributed by atoms with van der Waals surface area (Å²) in [5.41, 5.74) is 0. The maximum Gasteiger partial charge on any atom is 0.00643 e. The molecule has 0 saturated carbocycles. The van der Waals surface area contributed by atoms with Crippen molar-refractivity contribution in [2.75, 3.05) is 6.54 Å². The third-order valence-corrected chi connectivity index (χ3v) is 2.16. The molecule has 1 heteroatoms. The molecule has 0 unspecified atom stereocenters. The number of nitrogens with one attached hydrogen (secondary N) is 1. The lowest BCUT2D eigenvalue weighted by atomic mass is 9.94. The Morgan fingerprint density at radius 1 is 1.38 bits per heavy atom. The Balaban J connectivity index is 2.28. The normalized spacial score (nSPS) is 39.8. The molecular formula is C7H15N. The first-order valence-electron chi connectivity index (χ1n) is 3.54. The molecule has 1 aliphatic heterocycles. The van der Waals surface area contributed by atoms with Gasteiger partial charge in [-0.05, 0) is 32.2 Å². The highest BCUT2D eigenvalue weighted by Crippen LogP contribution is 2.13. The molecule has 0 bridgehead atoms. The first kappa shape index (κ1) is 6.09. The van der Waals surface area contributed by atoms with Crippen LogP contribution >= 0.6 is 0 Å². The van der Waals surface area contributed by atoms with E-state index in [4.69, 9.17) is 0 Å². The number of piperidine rings is 1. The van der Waals surface area contributed by atoms with Crippen molar-refractivity contribution in [1.29, 1.82) is 0 Å². The Morgan fingerprint density at radius 2 is 2.12 bits per heavy atom. The van der Waals surface area contributed by atoms with Crippen LogP contribution in [0, 0.1) is 5.92 Å². The van der Waals surface area contributed by atoms with Crippen LogP contribution in [-0.4, -0.2) is 12.6 Å². The lowest BCUT2D eigenvalue weighted by Gasteiger charge is -2.26. The van der Waals surface area contributed by atoms with Crippen LogP contribution in [0.3, 0.4) is 0 Å². The number of hydrogen-bond donors (Lipinski definition) is 1. The molecule has 0 aromatic carbocycles. The van der Waals surface area contributed by atoms with Gasteiger partial charge in [-0.15, -0.1) is 0 Å². The van der Waals surface area contributed by atoms with E-state index in [1.807, 2.05) is 0 Å². The maximum atomic E-state index is 3.43. The summed E-state index contributed by atoms with van der Waals surface area (Å²) < 4.78 is 0. The van der Waals surface area contributed by atoms with Crippen molar-refractivity contribution >= 4 is 0 Å². The van der Waals surface area contributed by atoms with E-state index in [0.29, 0.717) is 0 Å². The van der Waals surface area contributed by atoms with Crippen molar-refractivity contribution in [2.24, 2.45) is 5.92 Å². The second kappa shape index (κ2) is 2.49. The third kappa shape index (κ3) is 1.22. The molecule has 0 radical (unpaired) electrons. The average molecular weight is 113 g/mol. The van der Waals surface area contributed by atoms with Gasteiger partial charge in [0.25, 0.3) is 0 Å². The molecule has 2 atom stereocenters. The minimum absolute atomic E-state index is 0.753. The van der Waals surface area contributed by atoms with Gasteiger partial charge < -0.3 is 5.32 Å². The van der Waals surface area contributed by atoms with Gasteiger partial charge >= 0.3 is 0 Å². The minimum atomic E-state index is 0.753. The Morgan fingerprint density at radius 3 is 2.50 bits per heavy atom. The second-order valence-electron chi connectivity index (χ2n) is 2.86. The molecule has 1 nitrogen and oxygen atoms in total. The van der Waals surface area contributed by atoms with E-state index in [2.05, 4.69) is 19.2 Å². The predicted molar refractivity (Wildman–Crippen MR) is 35.9 cm³/mol. The Bertz CT molecular complexity index is 60.8. The van der Waals surface area contributed by atoms with E-state index in [1.165, 1.54) is 19.4 Å². The molecule has 1 rings (SSSR count). The summed E-state index contributed by atoms with van der Waals surface area (Å²) in [5.74, 6) is 0.892. The smallest absolute Gasteiger partial charge is 0.00643 e. The topological polar surface area (TPSA) is 12.0 Å². The maximum absolute atomic E-state index is 3.43. The van der Waals surface area contributed by atoms with E-state index >= 15 is 0 Å². The van der Waals surface area contributed by atoms with Gasteiger partial charge in [-0.2, -0.15) is 0 Å². The first-order chi connectivity index (χ1) is 3.80. The number of rotatable bonds is 0. The Labute approximate surface area is 51.5 Å². The SMILES string of the molecule is C[C@H]1CCCN[C@@H]1C.